The van der Waals surface area contributed by atoms with Crippen LogP contribution in [0.25, 0.3) is 0 Å². The van der Waals surface area contributed by atoms with Crippen LogP contribution in [0.1, 0.15) is 0 Å². The number of hydrogen-bond donors (Lipinski definition) is 0. The van der Waals surface area contributed by atoms with E-state index in [-0.39, 0.29) is 0 Å². The van der Waals surface area contributed by atoms with Gasteiger partial charge in [0.25, 0.3) is 0 Å². The third-order valence-corrected chi connectivity index (χ3v) is 8.92. The van der Waals surface area contributed by atoms with Crippen LogP contribution in [-0.4, -0.2) is 68.0 Å². The van der Waals surface area contributed by atoms with Crippen LogP contribution in [0.15, 0.2) is 0 Å². The summed E-state index contributed by atoms with van der Waals surface area (Å²) in [7, 11) is 0. The van der Waals surface area contributed by atoms with E-state index in [1.165, 1.54) is 0 Å². The van der Waals surface area contributed by atoms with Gasteiger partial charge in [-0.15, -0.1) is 0 Å². The molecule has 0 saturated heterocycles. The van der Waals surface area contributed by atoms with Crippen molar-refractivity contribution in [2.75, 3.05) is 0 Å². The molecule has 0 heterocycles. The number of hydrogen-bond acceptors (Lipinski definition) is 3. The molecule has 0 bridgehead atoms. The molecule has 0 aliphatic carbocycles. The molecule has 0 aliphatic rings. The second-order valence-electron chi connectivity index (χ2n) is 4.01. The first-order valence-corrected chi connectivity index (χ1v) is 8.77. The van der Waals surface area contributed by atoms with E-state index in [0.717, 1.165) is 0 Å². The van der Waals surface area contributed by atoms with Crippen LogP contribution in [0, 0.1) is 0 Å². The average molecular weight is 578 g/mol. The van der Waals surface area contributed by atoms with E-state index in [1.807, 2.05) is 0 Å². The van der Waals surface area contributed by atoms with E-state index in [0.29, 0.717) is 0 Å². The fourth-order valence-corrected chi connectivity index (χ4v) is 6.31. The fraction of sp³-hybridized carbons (Fsp3) is 1.00. The van der Waals surface area contributed by atoms with Gasteiger partial charge >= 0.3 is 147 Å². The third-order valence-electron chi connectivity index (χ3n) is 1.98. The van der Waals surface area contributed by atoms with Gasteiger partial charge in [-0.25, -0.2) is 0 Å². The predicted octanol–water partition coefficient (Wildman–Crippen LogP) is 5.00. The molecule has 0 N–H and O–H groups in total. The molecule has 0 aromatic rings. The molecule has 22 heteroatoms. The summed E-state index contributed by atoms with van der Waals surface area (Å²) < 4.78 is 213. The molecular formula is C6F18N3Sb. The molecule has 0 saturated carbocycles. The van der Waals surface area contributed by atoms with E-state index in [4.69, 9.17) is 0 Å². The summed E-state index contributed by atoms with van der Waals surface area (Å²) in [5, 5.41) is 0. The van der Waals surface area contributed by atoms with E-state index in [9.17, 15) is 79.0 Å². The van der Waals surface area contributed by atoms with Gasteiger partial charge in [-0.2, -0.15) is 0 Å². The Morgan fingerprint density at radius 2 is 0.393 bits per heavy atom. The van der Waals surface area contributed by atoms with Crippen molar-refractivity contribution in [2.24, 2.45) is 0 Å². The van der Waals surface area contributed by atoms with Crippen molar-refractivity contribution in [1.29, 1.82) is 0 Å². The van der Waals surface area contributed by atoms with Crippen LogP contribution >= 0.6 is 0 Å². The van der Waals surface area contributed by atoms with Gasteiger partial charge in [0.05, 0.1) is 0 Å². The van der Waals surface area contributed by atoms with Crippen LogP contribution < -0.4 is 0 Å². The van der Waals surface area contributed by atoms with Gasteiger partial charge in [-0.3, -0.25) is 0 Å². The number of rotatable bonds is 3. The Kier molecular flexibility index (Phi) is 7.45. The summed E-state index contributed by atoms with van der Waals surface area (Å²) in [5.41, 5.74) is 0. The van der Waals surface area contributed by atoms with Crippen LogP contribution in [0.4, 0.5) is 79.0 Å². The molecule has 0 atom stereocenters. The van der Waals surface area contributed by atoms with Crippen molar-refractivity contribution >= 4 is 21.0 Å². The Bertz CT molecular complexity index is 400. The Balaban J connectivity index is 7.30. The number of halogens is 18. The Labute approximate surface area is 148 Å². The van der Waals surface area contributed by atoms with E-state index >= 15 is 0 Å². The van der Waals surface area contributed by atoms with Crippen molar-refractivity contribution in [3.63, 3.8) is 0 Å². The quantitative estimate of drug-likeness (QED) is 0.266. The standard InChI is InChI=1S/3C2F6N.Sb/c3*3-1(4,5)9-2(6,7)8;/q3*-1;+3. The van der Waals surface area contributed by atoms with Gasteiger partial charge in [0.1, 0.15) is 0 Å². The SMILES string of the molecule is FC(F)(F)[N]([Sb]([N](C(F)(F)F)C(F)(F)F)[N](C(F)(F)F)C(F)(F)F)C(F)(F)F. The molecule has 0 unspecified atom stereocenters. The summed E-state index contributed by atoms with van der Waals surface area (Å²) in [4.78, 5) is 0. The van der Waals surface area contributed by atoms with Crippen LogP contribution in [0.2, 0.25) is 0 Å². The van der Waals surface area contributed by atoms with Gasteiger partial charge in [0.15, 0.2) is 0 Å². The Hall–Kier alpha value is -0.562. The van der Waals surface area contributed by atoms with Gasteiger partial charge in [0, 0.05) is 0 Å². The molecule has 0 radical (unpaired) electrons. The van der Waals surface area contributed by atoms with Crippen LogP contribution in [0.3, 0.4) is 0 Å². The van der Waals surface area contributed by atoms with E-state index in [1.54, 1.807) is 0 Å². The molecule has 0 aromatic heterocycles. The summed E-state index contributed by atoms with van der Waals surface area (Å²) in [6.07, 6.45) is -45.2. The van der Waals surface area contributed by atoms with Crippen molar-refractivity contribution in [3.05, 3.63) is 0 Å². The minimum absolute atomic E-state index is 3.97. The first-order chi connectivity index (χ1) is 11.7. The molecule has 170 valence electrons. The molecule has 3 nitrogen and oxygen atoms in total. The summed E-state index contributed by atoms with van der Waals surface area (Å²) >= 11 is -9.21. The molecule has 0 aliphatic heterocycles. The number of nitrogens with zero attached hydrogens (tertiary/aromatic N) is 3. The normalized spacial score (nSPS) is 16.1. The van der Waals surface area contributed by atoms with Gasteiger partial charge in [-0.1, -0.05) is 0 Å². The zero-order valence-corrected chi connectivity index (χ0v) is 14.1. The minimum atomic E-state index is -9.21. The monoisotopic (exact) mass is 577 g/mol. The molecular weight excluding hydrogens is 578 g/mol. The van der Waals surface area contributed by atoms with Crippen molar-refractivity contribution in [1.82, 2.24) is 9.18 Å². The summed E-state index contributed by atoms with van der Waals surface area (Å²) in [6.45, 7) is 0. The first-order valence-electron chi connectivity index (χ1n) is 5.34. The average Bonchev–Trinajstić information content (AvgIpc) is 2.13. The summed E-state index contributed by atoms with van der Waals surface area (Å²) in [6, 6.07) is 0. The first kappa shape index (κ1) is 27.4. The molecule has 0 aromatic carbocycles. The molecule has 0 rings (SSSR count). The second kappa shape index (κ2) is 7.60. The Morgan fingerprint density at radius 3 is 0.464 bits per heavy atom. The zero-order valence-electron chi connectivity index (χ0n) is 11.6. The molecule has 0 spiro atoms. The van der Waals surface area contributed by atoms with Gasteiger partial charge in [0.2, 0.25) is 0 Å². The van der Waals surface area contributed by atoms with Crippen LogP contribution in [0.5, 0.6) is 0 Å². The van der Waals surface area contributed by atoms with Crippen LogP contribution in [-0.2, 0) is 0 Å². The van der Waals surface area contributed by atoms with Gasteiger partial charge < -0.3 is 0 Å². The van der Waals surface area contributed by atoms with E-state index < -0.39 is 68.0 Å². The second-order valence-corrected chi connectivity index (χ2v) is 8.97. The maximum atomic E-state index is 12.5. The molecule has 0 amide bonds. The zero-order chi connectivity index (χ0) is 23.3. The molecule has 0 fully saturated rings. The maximum absolute atomic E-state index is 12.5. The molecule has 28 heavy (non-hydrogen) atoms. The van der Waals surface area contributed by atoms with Crippen molar-refractivity contribution in [2.45, 2.75) is 37.8 Å². The Morgan fingerprint density at radius 1 is 0.286 bits per heavy atom. The summed E-state index contributed by atoms with van der Waals surface area (Å²) in [5.74, 6) is 0. The third kappa shape index (κ3) is 6.75. The fourth-order valence-electron chi connectivity index (χ4n) is 1.31. The van der Waals surface area contributed by atoms with Crippen molar-refractivity contribution in [3.8, 4) is 0 Å². The van der Waals surface area contributed by atoms with E-state index in [2.05, 4.69) is 0 Å². The van der Waals surface area contributed by atoms with Gasteiger partial charge in [-0.05, 0) is 0 Å². The number of alkyl halides is 18. The van der Waals surface area contributed by atoms with Crippen molar-refractivity contribution < 1.29 is 79.0 Å². The predicted molar refractivity (Wildman–Crippen MR) is 47.6 cm³/mol. The topological polar surface area (TPSA) is 9.72 Å².